The number of aryl methyl sites for hydroxylation is 1. The van der Waals surface area contributed by atoms with Gasteiger partial charge in [0.1, 0.15) is 5.60 Å². The van der Waals surface area contributed by atoms with E-state index in [4.69, 9.17) is 14.0 Å². The summed E-state index contributed by atoms with van der Waals surface area (Å²) in [6, 6.07) is 6.09. The van der Waals surface area contributed by atoms with Crippen LogP contribution in [0.5, 0.6) is 0 Å². The second-order valence-corrected chi connectivity index (χ2v) is 9.91. The molecule has 1 aliphatic heterocycles. The lowest BCUT2D eigenvalue weighted by Crippen LogP contribution is -2.44. The van der Waals surface area contributed by atoms with Gasteiger partial charge in [0.15, 0.2) is 0 Å². The largest absolute Gasteiger partial charge is 0.494 e. The molecule has 27 heavy (non-hydrogen) atoms. The van der Waals surface area contributed by atoms with E-state index in [0.29, 0.717) is 0 Å². The van der Waals surface area contributed by atoms with Crippen molar-refractivity contribution >= 4 is 18.7 Å². The number of carbonyl (C=O) groups is 1. The fourth-order valence-electron chi connectivity index (χ4n) is 3.14. The van der Waals surface area contributed by atoms with Gasteiger partial charge < -0.3 is 19.4 Å². The zero-order chi connectivity index (χ0) is 20.8. The van der Waals surface area contributed by atoms with Gasteiger partial charge in [-0.05, 0) is 85.8 Å². The number of ether oxygens (including phenoxy) is 1. The van der Waals surface area contributed by atoms with Crippen molar-refractivity contribution in [3.05, 3.63) is 29.3 Å². The molecule has 0 aliphatic carbocycles. The highest BCUT2D eigenvalue weighted by atomic mass is 16.7. The first-order valence-corrected chi connectivity index (χ1v) is 9.52. The zero-order valence-corrected chi connectivity index (χ0v) is 18.4. The van der Waals surface area contributed by atoms with Gasteiger partial charge in [-0.2, -0.15) is 0 Å². The molecule has 1 saturated heterocycles. The Bertz CT molecular complexity index is 703. The molecule has 1 amide bonds. The topological polar surface area (TPSA) is 56.8 Å². The monoisotopic (exact) mass is 375 g/mol. The molecular formula is C21H34BNO4. The third-order valence-electron chi connectivity index (χ3n) is 5.26. The van der Waals surface area contributed by atoms with E-state index in [1.807, 2.05) is 81.4 Å². The SMILES string of the molecule is Cc1cc(B2OC(C)(C)C(C)(C)O2)ccc1C(C)(C)NC(=O)OC(C)(C)C. The molecule has 6 heteroatoms. The molecule has 1 heterocycles. The van der Waals surface area contributed by atoms with Crippen LogP contribution in [0.2, 0.25) is 0 Å². The van der Waals surface area contributed by atoms with Gasteiger partial charge in [0, 0.05) is 0 Å². The number of hydrogen-bond donors (Lipinski definition) is 1. The lowest BCUT2D eigenvalue weighted by atomic mass is 9.76. The molecule has 1 N–H and O–H groups in total. The summed E-state index contributed by atoms with van der Waals surface area (Å²) in [6.07, 6.45) is -0.429. The minimum Gasteiger partial charge on any atom is -0.444 e. The predicted molar refractivity (Wildman–Crippen MR) is 109 cm³/mol. The maximum atomic E-state index is 12.2. The van der Waals surface area contributed by atoms with E-state index < -0.39 is 24.4 Å². The Morgan fingerprint density at radius 2 is 1.56 bits per heavy atom. The first kappa shape index (κ1) is 21.8. The summed E-state index contributed by atoms with van der Waals surface area (Å²) in [7, 11) is -0.398. The van der Waals surface area contributed by atoms with Crippen molar-refractivity contribution in [3.8, 4) is 0 Å². The fraction of sp³-hybridized carbons (Fsp3) is 0.667. The standard InChI is InChI=1S/C21H34BNO4/c1-14-13-15(22-26-20(7,8)21(9,10)27-22)11-12-16(14)19(5,6)23-17(24)25-18(2,3)4/h11-13H,1-10H3,(H,23,24). The van der Waals surface area contributed by atoms with E-state index in [-0.39, 0.29) is 11.2 Å². The van der Waals surface area contributed by atoms with Gasteiger partial charge in [-0.15, -0.1) is 0 Å². The number of nitrogens with one attached hydrogen (secondary N) is 1. The lowest BCUT2D eigenvalue weighted by Gasteiger charge is -2.32. The fourth-order valence-corrected chi connectivity index (χ4v) is 3.14. The number of benzene rings is 1. The first-order valence-electron chi connectivity index (χ1n) is 9.52. The van der Waals surface area contributed by atoms with Crippen LogP contribution < -0.4 is 10.8 Å². The van der Waals surface area contributed by atoms with Crippen molar-refractivity contribution in [3.63, 3.8) is 0 Å². The van der Waals surface area contributed by atoms with E-state index in [2.05, 4.69) is 11.4 Å². The third kappa shape index (κ3) is 4.85. The van der Waals surface area contributed by atoms with Gasteiger partial charge in [0.2, 0.25) is 0 Å². The average Bonchev–Trinajstić information content (AvgIpc) is 2.64. The number of carbonyl (C=O) groups excluding carboxylic acids is 1. The predicted octanol–water partition coefficient (Wildman–Crippen LogP) is 4.05. The van der Waals surface area contributed by atoms with Crippen molar-refractivity contribution in [2.45, 2.75) is 91.6 Å². The molecule has 2 rings (SSSR count). The average molecular weight is 375 g/mol. The summed E-state index contributed by atoms with van der Waals surface area (Å²) in [5.41, 5.74) is 1.21. The minimum atomic E-state index is -0.569. The van der Waals surface area contributed by atoms with Crippen molar-refractivity contribution in [2.24, 2.45) is 0 Å². The normalized spacial score (nSPS) is 19.1. The van der Waals surface area contributed by atoms with E-state index in [9.17, 15) is 4.79 Å². The summed E-state index contributed by atoms with van der Waals surface area (Å²) in [6.45, 7) is 19.7. The molecule has 1 aromatic rings. The highest BCUT2D eigenvalue weighted by molar-refractivity contribution is 6.62. The molecule has 0 aromatic heterocycles. The Hall–Kier alpha value is -1.53. The molecule has 0 saturated carbocycles. The Balaban J connectivity index is 2.20. The van der Waals surface area contributed by atoms with Crippen LogP contribution in [-0.4, -0.2) is 30.0 Å². The van der Waals surface area contributed by atoms with E-state index >= 15 is 0 Å². The summed E-state index contributed by atoms with van der Waals surface area (Å²) in [4.78, 5) is 12.2. The number of rotatable bonds is 3. The molecule has 5 nitrogen and oxygen atoms in total. The van der Waals surface area contributed by atoms with Gasteiger partial charge in [-0.3, -0.25) is 0 Å². The maximum Gasteiger partial charge on any atom is 0.494 e. The minimum absolute atomic E-state index is 0.373. The first-order chi connectivity index (χ1) is 12.0. The molecule has 0 radical (unpaired) electrons. The Labute approximate surface area is 164 Å². The van der Waals surface area contributed by atoms with Crippen LogP contribution in [0.15, 0.2) is 18.2 Å². The number of alkyl carbamates (subject to hydrolysis) is 1. The van der Waals surface area contributed by atoms with Crippen LogP contribution in [0.4, 0.5) is 4.79 Å². The smallest absolute Gasteiger partial charge is 0.444 e. The van der Waals surface area contributed by atoms with Crippen LogP contribution in [0.25, 0.3) is 0 Å². The lowest BCUT2D eigenvalue weighted by molar-refractivity contribution is 0.00578. The van der Waals surface area contributed by atoms with Crippen LogP contribution >= 0.6 is 0 Å². The Kier molecular flexibility index (Phi) is 5.50. The number of hydrogen-bond acceptors (Lipinski definition) is 4. The van der Waals surface area contributed by atoms with Crippen LogP contribution in [0.3, 0.4) is 0 Å². The van der Waals surface area contributed by atoms with Crippen LogP contribution in [0, 0.1) is 6.92 Å². The van der Waals surface area contributed by atoms with E-state index in [0.717, 1.165) is 16.6 Å². The molecule has 0 spiro atoms. The Morgan fingerprint density at radius 3 is 2.00 bits per heavy atom. The zero-order valence-electron chi connectivity index (χ0n) is 18.4. The van der Waals surface area contributed by atoms with Gasteiger partial charge >= 0.3 is 13.2 Å². The summed E-state index contributed by atoms with van der Waals surface area (Å²) in [5.74, 6) is 0. The van der Waals surface area contributed by atoms with Gasteiger partial charge in [0.05, 0.1) is 16.7 Å². The quantitative estimate of drug-likeness (QED) is 0.810. The second kappa shape index (κ2) is 6.82. The maximum absolute atomic E-state index is 12.2. The van der Waals surface area contributed by atoms with Crippen molar-refractivity contribution in [1.29, 1.82) is 0 Å². The van der Waals surface area contributed by atoms with Crippen LogP contribution in [0.1, 0.15) is 73.4 Å². The number of amides is 1. The highest BCUT2D eigenvalue weighted by Gasteiger charge is 2.51. The van der Waals surface area contributed by atoms with E-state index in [1.165, 1.54) is 0 Å². The molecule has 0 atom stereocenters. The summed E-state index contributed by atoms with van der Waals surface area (Å²) >= 11 is 0. The van der Waals surface area contributed by atoms with Gasteiger partial charge in [-0.1, -0.05) is 18.2 Å². The molecular weight excluding hydrogens is 341 g/mol. The molecule has 0 bridgehead atoms. The third-order valence-corrected chi connectivity index (χ3v) is 5.26. The Morgan fingerprint density at radius 1 is 1.04 bits per heavy atom. The van der Waals surface area contributed by atoms with Gasteiger partial charge in [0.25, 0.3) is 0 Å². The summed E-state index contributed by atoms with van der Waals surface area (Å²) in [5, 5.41) is 2.96. The van der Waals surface area contributed by atoms with Crippen molar-refractivity contribution in [1.82, 2.24) is 5.32 Å². The molecule has 150 valence electrons. The molecule has 1 aromatic carbocycles. The van der Waals surface area contributed by atoms with Crippen LogP contribution in [-0.2, 0) is 19.6 Å². The molecule has 0 unspecified atom stereocenters. The summed E-state index contributed by atoms with van der Waals surface area (Å²) < 4.78 is 17.7. The molecule has 1 aliphatic rings. The van der Waals surface area contributed by atoms with Crippen molar-refractivity contribution < 1.29 is 18.8 Å². The van der Waals surface area contributed by atoms with Gasteiger partial charge in [-0.25, -0.2) is 4.79 Å². The second-order valence-electron chi connectivity index (χ2n) is 9.91. The highest BCUT2D eigenvalue weighted by Crippen LogP contribution is 2.36. The molecule has 1 fully saturated rings. The van der Waals surface area contributed by atoms with Crippen molar-refractivity contribution in [2.75, 3.05) is 0 Å². The van der Waals surface area contributed by atoms with E-state index in [1.54, 1.807) is 0 Å².